The highest BCUT2D eigenvalue weighted by molar-refractivity contribution is 9.10. The number of likely N-dealkylation sites (tertiary alicyclic amines) is 1. The molecule has 0 bridgehead atoms. The minimum atomic E-state index is 0.441. The molecule has 3 heteroatoms. The van der Waals surface area contributed by atoms with Crippen LogP contribution in [-0.2, 0) is 0 Å². The standard InChI is InChI=1S/C16H25BrN2/c1-3-13-8-10-19(12-13)11-9-16(18-2)14-6-4-5-7-15(14)17/h4-7,13,16,18H,3,8-12H2,1-2H3. The number of hydrogen-bond acceptors (Lipinski definition) is 2. The van der Waals surface area contributed by atoms with Crippen LogP contribution in [0.2, 0.25) is 0 Å². The topological polar surface area (TPSA) is 15.3 Å². The van der Waals surface area contributed by atoms with Gasteiger partial charge in [-0.2, -0.15) is 0 Å². The van der Waals surface area contributed by atoms with Gasteiger partial charge >= 0.3 is 0 Å². The van der Waals surface area contributed by atoms with Crippen molar-refractivity contribution in [2.75, 3.05) is 26.7 Å². The zero-order chi connectivity index (χ0) is 13.7. The first-order chi connectivity index (χ1) is 9.24. The molecule has 1 aromatic carbocycles. The summed E-state index contributed by atoms with van der Waals surface area (Å²) in [5.41, 5.74) is 1.37. The van der Waals surface area contributed by atoms with E-state index in [0.29, 0.717) is 6.04 Å². The van der Waals surface area contributed by atoms with Gasteiger partial charge in [0.1, 0.15) is 0 Å². The summed E-state index contributed by atoms with van der Waals surface area (Å²) < 4.78 is 1.21. The lowest BCUT2D eigenvalue weighted by atomic mass is 10.0. The quantitative estimate of drug-likeness (QED) is 0.855. The van der Waals surface area contributed by atoms with Gasteiger partial charge in [-0.05, 0) is 50.5 Å². The van der Waals surface area contributed by atoms with Gasteiger partial charge in [-0.15, -0.1) is 0 Å². The van der Waals surface area contributed by atoms with Crippen LogP contribution in [0.4, 0.5) is 0 Å². The van der Waals surface area contributed by atoms with Crippen LogP contribution < -0.4 is 5.32 Å². The molecule has 1 aromatic rings. The third-order valence-corrected chi connectivity index (χ3v) is 5.03. The number of rotatable bonds is 6. The first-order valence-electron chi connectivity index (χ1n) is 7.38. The molecule has 1 aliphatic rings. The van der Waals surface area contributed by atoms with E-state index in [1.54, 1.807) is 0 Å². The highest BCUT2D eigenvalue weighted by atomic mass is 79.9. The van der Waals surface area contributed by atoms with Gasteiger partial charge in [-0.25, -0.2) is 0 Å². The minimum Gasteiger partial charge on any atom is -0.313 e. The predicted molar refractivity (Wildman–Crippen MR) is 85.4 cm³/mol. The zero-order valence-electron chi connectivity index (χ0n) is 12.0. The Labute approximate surface area is 125 Å². The molecule has 0 saturated carbocycles. The van der Waals surface area contributed by atoms with Crippen LogP contribution in [0.3, 0.4) is 0 Å². The molecule has 0 amide bonds. The Hall–Kier alpha value is -0.380. The molecular weight excluding hydrogens is 300 g/mol. The molecule has 0 radical (unpaired) electrons. The van der Waals surface area contributed by atoms with Crippen molar-refractivity contribution in [1.82, 2.24) is 10.2 Å². The van der Waals surface area contributed by atoms with Crippen molar-refractivity contribution in [3.8, 4) is 0 Å². The van der Waals surface area contributed by atoms with Crippen LogP contribution >= 0.6 is 15.9 Å². The van der Waals surface area contributed by atoms with Crippen molar-refractivity contribution in [1.29, 1.82) is 0 Å². The van der Waals surface area contributed by atoms with Crippen LogP contribution in [0, 0.1) is 5.92 Å². The van der Waals surface area contributed by atoms with E-state index in [2.05, 4.69) is 64.4 Å². The molecule has 1 heterocycles. The van der Waals surface area contributed by atoms with Crippen molar-refractivity contribution in [3.05, 3.63) is 34.3 Å². The van der Waals surface area contributed by atoms with Crippen molar-refractivity contribution < 1.29 is 0 Å². The lowest BCUT2D eigenvalue weighted by molar-refractivity contribution is 0.301. The summed E-state index contributed by atoms with van der Waals surface area (Å²) in [5.74, 6) is 0.927. The second-order valence-corrected chi connectivity index (χ2v) is 6.37. The monoisotopic (exact) mass is 324 g/mol. The summed E-state index contributed by atoms with van der Waals surface area (Å²) >= 11 is 3.66. The molecule has 2 nitrogen and oxygen atoms in total. The van der Waals surface area contributed by atoms with E-state index < -0.39 is 0 Å². The van der Waals surface area contributed by atoms with Crippen molar-refractivity contribution in [2.45, 2.75) is 32.2 Å². The molecule has 2 atom stereocenters. The minimum absolute atomic E-state index is 0.441. The first-order valence-corrected chi connectivity index (χ1v) is 8.18. The number of nitrogens with zero attached hydrogens (tertiary/aromatic N) is 1. The average molecular weight is 325 g/mol. The van der Waals surface area contributed by atoms with Gasteiger partial charge in [-0.1, -0.05) is 47.5 Å². The maximum atomic E-state index is 3.66. The fraction of sp³-hybridized carbons (Fsp3) is 0.625. The molecule has 1 fully saturated rings. The van der Waals surface area contributed by atoms with E-state index in [1.165, 1.54) is 48.9 Å². The number of hydrogen-bond donors (Lipinski definition) is 1. The zero-order valence-corrected chi connectivity index (χ0v) is 13.6. The Bertz CT molecular complexity index is 394. The van der Waals surface area contributed by atoms with Gasteiger partial charge in [-0.3, -0.25) is 0 Å². The molecule has 19 heavy (non-hydrogen) atoms. The SMILES string of the molecule is CCC1CCN(CCC(NC)c2ccccc2Br)C1. The molecule has 106 valence electrons. The second kappa shape index (κ2) is 7.41. The maximum Gasteiger partial charge on any atom is 0.0340 e. The summed E-state index contributed by atoms with van der Waals surface area (Å²) in [6.45, 7) is 6.09. The van der Waals surface area contributed by atoms with Crippen LogP contribution in [-0.4, -0.2) is 31.6 Å². The molecule has 0 spiro atoms. The van der Waals surface area contributed by atoms with E-state index in [4.69, 9.17) is 0 Å². The Kier molecular flexibility index (Phi) is 5.86. The molecule has 0 aliphatic carbocycles. The fourth-order valence-electron chi connectivity index (χ4n) is 2.97. The van der Waals surface area contributed by atoms with Crippen LogP contribution in [0.25, 0.3) is 0 Å². The Balaban J connectivity index is 1.88. The lowest BCUT2D eigenvalue weighted by Crippen LogP contribution is -2.27. The summed E-state index contributed by atoms with van der Waals surface area (Å²) in [5, 5.41) is 3.45. The molecule has 2 unspecified atom stereocenters. The third kappa shape index (κ3) is 4.04. The summed E-state index contributed by atoms with van der Waals surface area (Å²) in [7, 11) is 2.06. The molecule has 2 rings (SSSR count). The third-order valence-electron chi connectivity index (χ3n) is 4.31. The van der Waals surface area contributed by atoms with Crippen molar-refractivity contribution in [3.63, 3.8) is 0 Å². The summed E-state index contributed by atoms with van der Waals surface area (Å²) in [6, 6.07) is 8.98. The van der Waals surface area contributed by atoms with Crippen LogP contribution in [0.1, 0.15) is 37.8 Å². The van der Waals surface area contributed by atoms with Gasteiger partial charge in [0.15, 0.2) is 0 Å². The average Bonchev–Trinajstić information content (AvgIpc) is 2.89. The molecular formula is C16H25BrN2. The normalized spacial score (nSPS) is 21.7. The van der Waals surface area contributed by atoms with Crippen molar-refractivity contribution >= 4 is 15.9 Å². The lowest BCUT2D eigenvalue weighted by Gasteiger charge is -2.22. The van der Waals surface area contributed by atoms with Crippen molar-refractivity contribution in [2.24, 2.45) is 5.92 Å². The molecule has 0 aromatic heterocycles. The first kappa shape index (κ1) is 15.0. The maximum absolute atomic E-state index is 3.66. The van der Waals surface area contributed by atoms with E-state index in [-0.39, 0.29) is 0 Å². The Morgan fingerprint density at radius 1 is 1.42 bits per heavy atom. The van der Waals surface area contributed by atoms with Gasteiger partial charge in [0.25, 0.3) is 0 Å². The Morgan fingerprint density at radius 3 is 2.84 bits per heavy atom. The molecule has 1 N–H and O–H groups in total. The van der Waals surface area contributed by atoms with E-state index >= 15 is 0 Å². The molecule has 1 saturated heterocycles. The summed E-state index contributed by atoms with van der Waals surface area (Å²) in [4.78, 5) is 2.62. The van der Waals surface area contributed by atoms with E-state index in [1.807, 2.05) is 0 Å². The highest BCUT2D eigenvalue weighted by Crippen LogP contribution is 2.26. The predicted octanol–water partition coefficient (Wildman–Crippen LogP) is 3.83. The van der Waals surface area contributed by atoms with Crippen LogP contribution in [0.15, 0.2) is 28.7 Å². The number of halogens is 1. The molecule has 1 aliphatic heterocycles. The van der Waals surface area contributed by atoms with Gasteiger partial charge in [0.05, 0.1) is 0 Å². The largest absolute Gasteiger partial charge is 0.313 e. The second-order valence-electron chi connectivity index (χ2n) is 5.52. The number of nitrogens with one attached hydrogen (secondary N) is 1. The van der Waals surface area contributed by atoms with Gasteiger partial charge in [0, 0.05) is 17.1 Å². The van der Waals surface area contributed by atoms with Crippen LogP contribution in [0.5, 0.6) is 0 Å². The highest BCUT2D eigenvalue weighted by Gasteiger charge is 2.21. The Morgan fingerprint density at radius 2 is 2.21 bits per heavy atom. The van der Waals surface area contributed by atoms with E-state index in [0.717, 1.165) is 5.92 Å². The smallest absolute Gasteiger partial charge is 0.0340 e. The van der Waals surface area contributed by atoms with E-state index in [9.17, 15) is 0 Å². The number of benzene rings is 1. The fourth-order valence-corrected chi connectivity index (χ4v) is 3.54. The van der Waals surface area contributed by atoms with Gasteiger partial charge < -0.3 is 10.2 Å². The summed E-state index contributed by atoms with van der Waals surface area (Å²) in [6.07, 6.45) is 3.89. The van der Waals surface area contributed by atoms with Gasteiger partial charge in [0.2, 0.25) is 0 Å².